The van der Waals surface area contributed by atoms with E-state index in [1.54, 1.807) is 0 Å². The SMILES string of the molecule is O=S(=O)(F)c1ccc(S(=O)(=O)N2CCOCC2)s1. The molecule has 1 aliphatic heterocycles. The van der Waals surface area contributed by atoms with Crippen LogP contribution in [0.3, 0.4) is 0 Å². The van der Waals surface area contributed by atoms with Crippen LogP contribution in [0.25, 0.3) is 0 Å². The molecule has 0 bridgehead atoms. The molecule has 0 radical (unpaired) electrons. The number of nitrogens with zero attached hydrogens (tertiary/aromatic N) is 1. The maximum Gasteiger partial charge on any atom is 0.341 e. The number of halogens is 1. The van der Waals surface area contributed by atoms with Gasteiger partial charge in [0.2, 0.25) is 0 Å². The average molecular weight is 315 g/mol. The van der Waals surface area contributed by atoms with E-state index in [-0.39, 0.29) is 17.3 Å². The molecule has 0 amide bonds. The predicted octanol–water partition coefficient (Wildman–Crippen LogP) is 0.427. The quantitative estimate of drug-likeness (QED) is 0.756. The first-order valence-electron chi connectivity index (χ1n) is 4.94. The number of hydrogen-bond donors (Lipinski definition) is 0. The Morgan fingerprint density at radius 2 is 1.67 bits per heavy atom. The third-order valence-electron chi connectivity index (χ3n) is 2.36. The Balaban J connectivity index is 2.33. The van der Waals surface area contributed by atoms with Crippen LogP contribution in [-0.4, -0.2) is 47.4 Å². The number of ether oxygens (including phenoxy) is 1. The number of hydrogen-bond acceptors (Lipinski definition) is 6. The third kappa shape index (κ3) is 2.72. The van der Waals surface area contributed by atoms with E-state index in [0.717, 1.165) is 12.1 Å². The van der Waals surface area contributed by atoms with Crippen molar-refractivity contribution in [3.05, 3.63) is 12.1 Å². The van der Waals surface area contributed by atoms with Crippen molar-refractivity contribution in [2.24, 2.45) is 0 Å². The van der Waals surface area contributed by atoms with Crippen LogP contribution in [0.2, 0.25) is 0 Å². The van der Waals surface area contributed by atoms with Crippen LogP contribution in [-0.2, 0) is 25.0 Å². The van der Waals surface area contributed by atoms with E-state index in [1.165, 1.54) is 4.31 Å². The van der Waals surface area contributed by atoms with Gasteiger partial charge in [-0.05, 0) is 12.1 Å². The van der Waals surface area contributed by atoms with Gasteiger partial charge in [-0.25, -0.2) is 8.42 Å². The zero-order valence-corrected chi connectivity index (χ0v) is 11.5. The van der Waals surface area contributed by atoms with Gasteiger partial charge < -0.3 is 4.74 Å². The van der Waals surface area contributed by atoms with Crippen LogP contribution >= 0.6 is 11.3 Å². The molecule has 102 valence electrons. The van der Waals surface area contributed by atoms with Crippen molar-refractivity contribution < 1.29 is 25.5 Å². The van der Waals surface area contributed by atoms with Crippen molar-refractivity contribution in [1.29, 1.82) is 0 Å². The van der Waals surface area contributed by atoms with Crippen molar-refractivity contribution in [3.63, 3.8) is 0 Å². The van der Waals surface area contributed by atoms with E-state index in [0.29, 0.717) is 24.6 Å². The van der Waals surface area contributed by atoms with Gasteiger partial charge in [0.1, 0.15) is 4.21 Å². The summed E-state index contributed by atoms with van der Waals surface area (Å²) < 4.78 is 63.7. The Morgan fingerprint density at radius 1 is 1.11 bits per heavy atom. The topological polar surface area (TPSA) is 80.8 Å². The summed E-state index contributed by atoms with van der Waals surface area (Å²) >= 11 is 0.407. The van der Waals surface area contributed by atoms with Crippen LogP contribution in [0.15, 0.2) is 20.6 Å². The highest BCUT2D eigenvalue weighted by Crippen LogP contribution is 2.29. The Hall–Kier alpha value is -0.550. The average Bonchev–Trinajstić information content (AvgIpc) is 2.79. The van der Waals surface area contributed by atoms with Crippen LogP contribution in [0.1, 0.15) is 0 Å². The number of morpholine rings is 1. The summed E-state index contributed by atoms with van der Waals surface area (Å²) in [6.45, 7) is 0.994. The van der Waals surface area contributed by atoms with E-state index in [9.17, 15) is 20.7 Å². The molecule has 1 aromatic rings. The molecule has 0 aliphatic carbocycles. The lowest BCUT2D eigenvalue weighted by Crippen LogP contribution is -2.40. The van der Waals surface area contributed by atoms with E-state index in [1.807, 2.05) is 0 Å². The normalized spacial score (nSPS) is 18.9. The van der Waals surface area contributed by atoms with Gasteiger partial charge in [-0.3, -0.25) is 0 Å². The molecular weight excluding hydrogens is 305 g/mol. The van der Waals surface area contributed by atoms with Gasteiger partial charge in [-0.2, -0.15) is 12.7 Å². The summed E-state index contributed by atoms with van der Waals surface area (Å²) in [7, 11) is -8.62. The number of sulfonamides is 1. The van der Waals surface area contributed by atoms with Gasteiger partial charge in [0, 0.05) is 13.1 Å². The lowest BCUT2D eigenvalue weighted by atomic mass is 10.5. The van der Waals surface area contributed by atoms with Crippen molar-refractivity contribution in [2.75, 3.05) is 26.3 Å². The molecule has 1 saturated heterocycles. The molecule has 6 nitrogen and oxygen atoms in total. The van der Waals surface area contributed by atoms with Crippen LogP contribution in [0.4, 0.5) is 3.89 Å². The maximum atomic E-state index is 12.7. The lowest BCUT2D eigenvalue weighted by Gasteiger charge is -2.25. The molecule has 1 aliphatic rings. The second kappa shape index (κ2) is 4.85. The third-order valence-corrected chi connectivity index (χ3v) is 7.07. The molecule has 0 aromatic carbocycles. The Labute approximate surface area is 108 Å². The summed E-state index contributed by atoms with van der Waals surface area (Å²) in [5.74, 6) is 0. The molecular formula is C8H10FNO5S3. The lowest BCUT2D eigenvalue weighted by molar-refractivity contribution is 0.0731. The first-order valence-corrected chi connectivity index (χ1v) is 8.58. The Bertz CT molecular complexity index is 629. The van der Waals surface area contributed by atoms with E-state index < -0.39 is 24.5 Å². The summed E-state index contributed by atoms with van der Waals surface area (Å²) in [5.41, 5.74) is 0. The van der Waals surface area contributed by atoms with Gasteiger partial charge in [0.15, 0.2) is 4.21 Å². The fraction of sp³-hybridized carbons (Fsp3) is 0.500. The minimum Gasteiger partial charge on any atom is -0.379 e. The van der Waals surface area contributed by atoms with Crippen LogP contribution in [0, 0.1) is 0 Å². The van der Waals surface area contributed by atoms with E-state index in [2.05, 4.69) is 0 Å². The summed E-state index contributed by atoms with van der Waals surface area (Å²) in [5, 5.41) is 0. The molecule has 2 heterocycles. The molecule has 2 rings (SSSR count). The molecule has 0 N–H and O–H groups in total. The standard InChI is InChI=1S/C8H10FNO5S3/c9-17(11,12)7-1-2-8(16-7)18(13,14)10-3-5-15-6-4-10/h1-2H,3-6H2. The molecule has 1 fully saturated rings. The number of rotatable bonds is 3. The summed E-state index contributed by atoms with van der Waals surface area (Å²) in [4.78, 5) is 0. The Kier molecular flexibility index (Phi) is 3.74. The van der Waals surface area contributed by atoms with Gasteiger partial charge in [0.05, 0.1) is 13.2 Å². The first-order chi connectivity index (χ1) is 8.32. The van der Waals surface area contributed by atoms with E-state index in [4.69, 9.17) is 4.74 Å². The second-order valence-corrected chi connectivity index (χ2v) is 8.35. The molecule has 1 aromatic heterocycles. The molecule has 18 heavy (non-hydrogen) atoms. The van der Waals surface area contributed by atoms with Crippen molar-refractivity contribution in [1.82, 2.24) is 4.31 Å². The fourth-order valence-electron chi connectivity index (χ4n) is 1.49. The largest absolute Gasteiger partial charge is 0.379 e. The second-order valence-electron chi connectivity index (χ2n) is 3.53. The number of thiophene rings is 1. The van der Waals surface area contributed by atoms with Crippen molar-refractivity contribution >= 4 is 31.6 Å². The fourth-order valence-corrected chi connectivity index (χ4v) is 5.15. The highest BCUT2D eigenvalue weighted by Gasteiger charge is 2.29. The molecule has 0 saturated carbocycles. The minimum absolute atomic E-state index is 0.180. The first kappa shape index (κ1) is 13.9. The maximum absolute atomic E-state index is 12.7. The van der Waals surface area contributed by atoms with Crippen LogP contribution in [0.5, 0.6) is 0 Å². The van der Waals surface area contributed by atoms with Gasteiger partial charge >= 0.3 is 10.2 Å². The minimum atomic E-state index is -4.86. The van der Waals surface area contributed by atoms with Crippen molar-refractivity contribution in [3.8, 4) is 0 Å². The van der Waals surface area contributed by atoms with Gasteiger partial charge in [-0.1, -0.05) is 3.89 Å². The predicted molar refractivity (Wildman–Crippen MR) is 62.2 cm³/mol. The highest BCUT2D eigenvalue weighted by molar-refractivity contribution is 7.92. The molecule has 0 spiro atoms. The van der Waals surface area contributed by atoms with Gasteiger partial charge in [-0.15, -0.1) is 11.3 Å². The van der Waals surface area contributed by atoms with Crippen LogP contribution < -0.4 is 0 Å². The highest BCUT2D eigenvalue weighted by atomic mass is 32.3. The van der Waals surface area contributed by atoms with Crippen molar-refractivity contribution in [2.45, 2.75) is 8.42 Å². The molecule has 10 heteroatoms. The summed E-state index contributed by atoms with van der Waals surface area (Å²) in [6.07, 6.45) is 0. The molecule has 0 atom stereocenters. The summed E-state index contributed by atoms with van der Waals surface area (Å²) in [6, 6.07) is 2.05. The molecule has 0 unspecified atom stereocenters. The van der Waals surface area contributed by atoms with Gasteiger partial charge in [0.25, 0.3) is 10.0 Å². The smallest absolute Gasteiger partial charge is 0.341 e. The monoisotopic (exact) mass is 315 g/mol. The van der Waals surface area contributed by atoms with E-state index >= 15 is 0 Å². The Morgan fingerprint density at radius 3 is 2.17 bits per heavy atom. The zero-order chi connectivity index (χ0) is 13.4. The zero-order valence-electron chi connectivity index (χ0n) is 9.07.